The van der Waals surface area contributed by atoms with Gasteiger partial charge in [-0.15, -0.1) is 0 Å². The van der Waals surface area contributed by atoms with Crippen LogP contribution in [0.3, 0.4) is 0 Å². The summed E-state index contributed by atoms with van der Waals surface area (Å²) in [6.45, 7) is 41.7. The minimum absolute atomic E-state index is 0.0829. The minimum Gasteiger partial charge on any atom is -0.354 e. The molecule has 2 aliphatic rings. The predicted octanol–water partition coefficient (Wildman–Crippen LogP) is 19.7. The molecule has 0 spiro atoms. The Kier molecular flexibility index (Phi) is 13.0. The summed E-state index contributed by atoms with van der Waals surface area (Å²) in [6, 6.07) is 39.5. The zero-order valence-electron chi connectivity index (χ0n) is 46.9. The number of rotatable bonds is 4. The second-order valence-electron chi connectivity index (χ2n) is 26.9. The summed E-state index contributed by atoms with van der Waals surface area (Å²) in [4.78, 5) is 19.6. The summed E-state index contributed by atoms with van der Waals surface area (Å²) in [5.41, 5.74) is 23.7. The number of aromatic amines is 2. The number of halogens is 1. The summed E-state index contributed by atoms with van der Waals surface area (Å²) in [5.74, 6) is 0. The van der Waals surface area contributed by atoms with Gasteiger partial charge in [0.05, 0.1) is 22.8 Å². The van der Waals surface area contributed by atoms with Gasteiger partial charge in [0, 0.05) is 47.9 Å². The fourth-order valence-electron chi connectivity index (χ4n) is 9.98. The zero-order chi connectivity index (χ0) is 53.0. The lowest BCUT2D eigenvalue weighted by Crippen LogP contribution is -2.16. The van der Waals surface area contributed by atoms with Gasteiger partial charge >= 0.3 is 0 Å². The second kappa shape index (κ2) is 18.2. The first kappa shape index (κ1) is 52.1. The lowest BCUT2D eigenvalue weighted by Gasteiger charge is -2.26. The van der Waals surface area contributed by atoms with Gasteiger partial charge in [0.1, 0.15) is 0 Å². The van der Waals surface area contributed by atoms with Gasteiger partial charge in [-0.3, -0.25) is 0 Å². The minimum atomic E-state index is -0.0830. The van der Waals surface area contributed by atoms with Crippen LogP contribution in [0.25, 0.3) is 90.9 Å². The summed E-state index contributed by atoms with van der Waals surface area (Å²) in [6.07, 6.45) is 8.84. The van der Waals surface area contributed by atoms with Crippen molar-refractivity contribution < 1.29 is 0 Å². The summed E-state index contributed by atoms with van der Waals surface area (Å²) < 4.78 is 1.16. The number of aromatic nitrogens is 4. The van der Waals surface area contributed by atoms with E-state index in [-0.39, 0.29) is 32.5 Å². The van der Waals surface area contributed by atoms with Gasteiger partial charge in [-0.1, -0.05) is 191 Å². The number of nitrogens with one attached hydrogen (secondary N) is 2. The van der Waals surface area contributed by atoms with E-state index in [1.807, 2.05) is 0 Å². The normalized spacial score (nSPS) is 13.6. The standard InChI is InChI=1S/C68H77IN4/c1-63(2,3)44-30-41(31-45(37-44)64(4,5)6)60-53-24-22-51(70-53)59(40-20-19-21-50(69)36-40)52-23-25-54(71-52)61(42-32-46(65(7,8)9)38-47(33-42)66(10,11)12)56-27-29-58(73-56)62(57-28-26-55(60)72-57)43-34-48(67(13,14)15)39-49(35-43)68(16,17)18/h19-39,72-73H,1-18H3. The van der Waals surface area contributed by atoms with Crippen molar-refractivity contribution in [2.45, 2.75) is 157 Å². The number of benzene rings is 4. The number of nitrogens with zero attached hydrogens (tertiary/aromatic N) is 2. The molecule has 0 atom stereocenters. The SMILES string of the molecule is CC(C)(C)c1cc(-c2c3nc(c(-c4cccc(I)c4)c4nc(c(-c5cc(C(C)(C)C)cc(C(C)(C)C)c5)c5ccc([nH]5)c(-c5cc(C(C)(C)C)cc(C(C)(C)C)c5)c5ccc2[nH]5)C=C4)C=C3)cc(C(C)(C)C)c1. The average molecular weight is 1080 g/mol. The Balaban J connectivity index is 1.53. The Labute approximate surface area is 450 Å². The number of fused-ring (bicyclic) bond motifs is 8. The molecule has 7 aromatic rings. The first-order chi connectivity index (χ1) is 33.8. The molecule has 0 saturated heterocycles. The van der Waals surface area contributed by atoms with Crippen molar-refractivity contribution >= 4 is 69.0 Å². The Morgan fingerprint density at radius 2 is 0.575 bits per heavy atom. The maximum atomic E-state index is 5.70. The van der Waals surface area contributed by atoms with Crippen LogP contribution in [0.15, 0.2) is 103 Å². The average Bonchev–Trinajstić information content (AvgIpc) is 4.13. The highest BCUT2D eigenvalue weighted by molar-refractivity contribution is 14.1. The molecule has 376 valence electrons. The maximum Gasteiger partial charge on any atom is 0.0738 e. The third-order valence-electron chi connectivity index (χ3n) is 14.7. The van der Waals surface area contributed by atoms with Crippen LogP contribution in [0.5, 0.6) is 0 Å². The lowest BCUT2D eigenvalue weighted by atomic mass is 9.78. The van der Waals surface area contributed by atoms with E-state index in [0.717, 1.165) is 92.9 Å². The van der Waals surface area contributed by atoms with E-state index in [1.165, 1.54) is 33.4 Å². The lowest BCUT2D eigenvalue weighted by molar-refractivity contribution is 0.568. The van der Waals surface area contributed by atoms with Gasteiger partial charge in [0.15, 0.2) is 0 Å². The molecule has 9 rings (SSSR count). The van der Waals surface area contributed by atoms with Crippen molar-refractivity contribution in [2.24, 2.45) is 0 Å². The van der Waals surface area contributed by atoms with Crippen molar-refractivity contribution in [1.29, 1.82) is 0 Å². The number of H-pyrrole nitrogens is 2. The van der Waals surface area contributed by atoms with Gasteiger partial charge in [-0.25, -0.2) is 9.97 Å². The molecule has 0 saturated carbocycles. The van der Waals surface area contributed by atoms with Gasteiger partial charge in [-0.2, -0.15) is 0 Å². The predicted molar refractivity (Wildman–Crippen MR) is 326 cm³/mol. The van der Waals surface area contributed by atoms with Gasteiger partial charge in [0.2, 0.25) is 0 Å². The molecule has 0 amide bonds. The molecule has 3 aromatic heterocycles. The van der Waals surface area contributed by atoms with Crippen molar-refractivity contribution in [3.8, 4) is 44.5 Å². The molecular formula is C68H77IN4. The number of hydrogen-bond acceptors (Lipinski definition) is 2. The Bertz CT molecular complexity index is 3290. The molecule has 8 bridgehead atoms. The van der Waals surface area contributed by atoms with Crippen LogP contribution >= 0.6 is 22.6 Å². The fraction of sp³-hybridized carbons (Fsp3) is 0.353. The van der Waals surface area contributed by atoms with Crippen molar-refractivity contribution in [2.75, 3.05) is 0 Å². The van der Waals surface area contributed by atoms with Crippen LogP contribution in [0, 0.1) is 3.57 Å². The topological polar surface area (TPSA) is 57.4 Å². The molecule has 5 heteroatoms. The molecule has 4 nitrogen and oxygen atoms in total. The van der Waals surface area contributed by atoms with Crippen LogP contribution in [-0.2, 0) is 32.5 Å². The van der Waals surface area contributed by atoms with Crippen LogP contribution in [0.1, 0.15) is 181 Å². The molecule has 0 radical (unpaired) electrons. The van der Waals surface area contributed by atoms with Gasteiger partial charge < -0.3 is 9.97 Å². The van der Waals surface area contributed by atoms with Gasteiger partial charge in [-0.05, 0) is 171 Å². The highest BCUT2D eigenvalue weighted by Gasteiger charge is 2.28. The smallest absolute Gasteiger partial charge is 0.0738 e. The van der Waals surface area contributed by atoms with Crippen molar-refractivity contribution in [1.82, 2.24) is 19.9 Å². The second-order valence-corrected chi connectivity index (χ2v) is 28.2. The van der Waals surface area contributed by atoms with Crippen LogP contribution in [-0.4, -0.2) is 19.9 Å². The molecular weight excluding hydrogens is 1000 g/mol. The maximum absolute atomic E-state index is 5.70. The third-order valence-corrected chi connectivity index (χ3v) is 15.4. The molecule has 0 fully saturated rings. The van der Waals surface area contributed by atoms with Crippen LogP contribution in [0.2, 0.25) is 0 Å². The van der Waals surface area contributed by atoms with E-state index >= 15 is 0 Å². The van der Waals surface area contributed by atoms with Crippen LogP contribution < -0.4 is 0 Å². The highest BCUT2D eigenvalue weighted by Crippen LogP contribution is 2.44. The molecule has 5 heterocycles. The molecule has 0 aliphatic carbocycles. The quantitative estimate of drug-likeness (QED) is 0.173. The molecule has 2 N–H and O–H groups in total. The molecule has 2 aliphatic heterocycles. The Morgan fingerprint density at radius 1 is 0.301 bits per heavy atom. The fourth-order valence-corrected chi connectivity index (χ4v) is 10.5. The number of hydrogen-bond donors (Lipinski definition) is 2. The van der Waals surface area contributed by atoms with E-state index in [9.17, 15) is 0 Å². The monoisotopic (exact) mass is 1080 g/mol. The molecule has 73 heavy (non-hydrogen) atoms. The van der Waals surface area contributed by atoms with Crippen molar-refractivity contribution in [3.05, 3.63) is 163 Å². The molecule has 0 unspecified atom stereocenters. The van der Waals surface area contributed by atoms with E-state index < -0.39 is 0 Å². The third kappa shape index (κ3) is 10.6. The van der Waals surface area contributed by atoms with Crippen LogP contribution in [0.4, 0.5) is 0 Å². The van der Waals surface area contributed by atoms with Gasteiger partial charge in [0.25, 0.3) is 0 Å². The first-order valence-corrected chi connectivity index (χ1v) is 27.3. The molecule has 4 aromatic carbocycles. The largest absolute Gasteiger partial charge is 0.354 e. The first-order valence-electron chi connectivity index (χ1n) is 26.2. The Hall–Kier alpha value is -5.79. The van der Waals surface area contributed by atoms with Crippen molar-refractivity contribution in [3.63, 3.8) is 0 Å². The van der Waals surface area contributed by atoms with E-state index in [0.29, 0.717) is 0 Å². The van der Waals surface area contributed by atoms with E-state index in [2.05, 4.69) is 285 Å². The summed E-state index contributed by atoms with van der Waals surface area (Å²) in [7, 11) is 0. The highest BCUT2D eigenvalue weighted by atomic mass is 127. The zero-order valence-corrected chi connectivity index (χ0v) is 49.1. The summed E-state index contributed by atoms with van der Waals surface area (Å²) >= 11 is 2.43. The van der Waals surface area contributed by atoms with E-state index in [1.54, 1.807) is 0 Å². The Morgan fingerprint density at radius 3 is 0.863 bits per heavy atom. The van der Waals surface area contributed by atoms with E-state index in [4.69, 9.17) is 9.97 Å². The summed E-state index contributed by atoms with van der Waals surface area (Å²) in [5, 5.41) is 0.